The molecule has 0 heterocycles. The molecule has 2 aromatic carbocycles. The molecule has 2 rings (SSSR count). The van der Waals surface area contributed by atoms with Gasteiger partial charge in [-0.05, 0) is 35.4 Å². The van der Waals surface area contributed by atoms with Gasteiger partial charge in [0, 0.05) is 21.6 Å². The molecule has 0 aliphatic rings. The van der Waals surface area contributed by atoms with Crippen LogP contribution in [0.1, 0.15) is 21.5 Å². The average molecular weight is 386 g/mol. The van der Waals surface area contributed by atoms with E-state index in [1.807, 2.05) is 48.5 Å². The van der Waals surface area contributed by atoms with Gasteiger partial charge < -0.3 is 5.32 Å². The van der Waals surface area contributed by atoms with E-state index in [0.29, 0.717) is 17.1 Å². The van der Waals surface area contributed by atoms with Gasteiger partial charge in [-0.3, -0.25) is 4.79 Å². The summed E-state index contributed by atoms with van der Waals surface area (Å²) >= 11 is 8.11. The molecule has 0 aliphatic carbocycles. The third-order valence-corrected chi connectivity index (χ3v) is 3.87. The third kappa shape index (κ3) is 4.21. The molecule has 0 aliphatic heterocycles. The average Bonchev–Trinajstić information content (AvgIpc) is 2.46. The van der Waals surface area contributed by atoms with Gasteiger partial charge in [0.25, 0.3) is 5.91 Å². The van der Waals surface area contributed by atoms with Gasteiger partial charge in [0.2, 0.25) is 0 Å². The summed E-state index contributed by atoms with van der Waals surface area (Å²) in [5.74, 6) is -0.0602. The maximum Gasteiger partial charge on any atom is 0.251 e. The Kier molecular flexibility index (Phi) is 5.22. The highest BCUT2D eigenvalue weighted by molar-refractivity contribution is 14.1. The number of halogens is 2. The monoisotopic (exact) mass is 385 g/mol. The lowest BCUT2D eigenvalue weighted by Crippen LogP contribution is -2.22. The summed E-state index contributed by atoms with van der Waals surface area (Å²) in [5, 5.41) is 3.59. The summed E-state index contributed by atoms with van der Waals surface area (Å²) in [6, 6.07) is 15.1. The minimum absolute atomic E-state index is 0.0602. The molecule has 19 heavy (non-hydrogen) atoms. The maximum absolute atomic E-state index is 11.9. The number of carbonyl (C=O) groups is 1. The van der Waals surface area contributed by atoms with Crippen LogP contribution in [0.15, 0.2) is 48.5 Å². The molecule has 4 heteroatoms. The molecule has 0 radical (unpaired) electrons. The number of alkyl halides is 1. The van der Waals surface area contributed by atoms with E-state index in [2.05, 4.69) is 27.9 Å². The van der Waals surface area contributed by atoms with Crippen molar-refractivity contribution in [3.63, 3.8) is 0 Å². The van der Waals surface area contributed by atoms with Crippen molar-refractivity contribution in [2.24, 2.45) is 0 Å². The second kappa shape index (κ2) is 6.91. The molecule has 0 aromatic heterocycles. The number of rotatable bonds is 4. The first-order chi connectivity index (χ1) is 9.19. The van der Waals surface area contributed by atoms with Crippen LogP contribution in [0.4, 0.5) is 0 Å². The fourth-order valence-corrected chi connectivity index (χ4v) is 2.27. The topological polar surface area (TPSA) is 29.1 Å². The summed E-state index contributed by atoms with van der Waals surface area (Å²) in [4.78, 5) is 11.9. The summed E-state index contributed by atoms with van der Waals surface area (Å²) in [7, 11) is 0. The largest absolute Gasteiger partial charge is 0.348 e. The number of amides is 1. The Morgan fingerprint density at radius 3 is 2.16 bits per heavy atom. The Hall–Kier alpha value is -1.07. The zero-order valence-electron chi connectivity index (χ0n) is 10.2. The molecule has 0 saturated heterocycles. The molecule has 98 valence electrons. The number of hydrogen-bond acceptors (Lipinski definition) is 1. The minimum Gasteiger partial charge on any atom is -0.348 e. The lowest BCUT2D eigenvalue weighted by molar-refractivity contribution is 0.0951. The third-order valence-electron chi connectivity index (χ3n) is 2.74. The fourth-order valence-electron chi connectivity index (χ4n) is 1.63. The van der Waals surface area contributed by atoms with Crippen molar-refractivity contribution in [2.75, 3.05) is 0 Å². The predicted molar refractivity (Wildman–Crippen MR) is 86.8 cm³/mol. The molecule has 0 saturated carbocycles. The lowest BCUT2D eigenvalue weighted by atomic mass is 10.1. The normalized spacial score (nSPS) is 10.2. The summed E-state index contributed by atoms with van der Waals surface area (Å²) < 4.78 is 0.949. The summed E-state index contributed by atoms with van der Waals surface area (Å²) in [6.45, 7) is 0.504. The van der Waals surface area contributed by atoms with Crippen LogP contribution in [0, 0.1) is 0 Å². The van der Waals surface area contributed by atoms with Crippen molar-refractivity contribution in [3.8, 4) is 0 Å². The van der Waals surface area contributed by atoms with Gasteiger partial charge in [0.1, 0.15) is 0 Å². The molecule has 0 spiro atoms. The van der Waals surface area contributed by atoms with Crippen LogP contribution in [0.5, 0.6) is 0 Å². The zero-order valence-corrected chi connectivity index (χ0v) is 13.1. The molecule has 0 atom stereocenters. The lowest BCUT2D eigenvalue weighted by Gasteiger charge is -2.06. The van der Waals surface area contributed by atoms with E-state index in [0.717, 1.165) is 9.99 Å². The van der Waals surface area contributed by atoms with Gasteiger partial charge in [-0.15, -0.1) is 0 Å². The van der Waals surface area contributed by atoms with Crippen LogP contribution in [-0.4, -0.2) is 5.91 Å². The SMILES string of the molecule is O=C(NCc1ccc(Cl)cc1)c1ccc(CI)cc1. The highest BCUT2D eigenvalue weighted by Crippen LogP contribution is 2.10. The molecule has 2 aromatic rings. The molecule has 1 N–H and O–H groups in total. The van der Waals surface area contributed by atoms with Gasteiger partial charge in [0.15, 0.2) is 0 Å². The van der Waals surface area contributed by atoms with Crippen molar-refractivity contribution in [3.05, 3.63) is 70.2 Å². The summed E-state index contributed by atoms with van der Waals surface area (Å²) in [6.07, 6.45) is 0. The highest BCUT2D eigenvalue weighted by Gasteiger charge is 2.04. The van der Waals surface area contributed by atoms with E-state index < -0.39 is 0 Å². The van der Waals surface area contributed by atoms with Gasteiger partial charge >= 0.3 is 0 Å². The quantitative estimate of drug-likeness (QED) is 0.620. The van der Waals surface area contributed by atoms with E-state index in [4.69, 9.17) is 11.6 Å². The minimum atomic E-state index is -0.0602. The smallest absolute Gasteiger partial charge is 0.251 e. The maximum atomic E-state index is 11.9. The molecular weight excluding hydrogens is 373 g/mol. The van der Waals surface area contributed by atoms with Gasteiger partial charge in [-0.2, -0.15) is 0 Å². The Balaban J connectivity index is 1.95. The van der Waals surface area contributed by atoms with Crippen LogP contribution < -0.4 is 5.32 Å². The van der Waals surface area contributed by atoms with E-state index in [9.17, 15) is 4.79 Å². The Morgan fingerprint density at radius 1 is 1.00 bits per heavy atom. The van der Waals surface area contributed by atoms with Crippen molar-refractivity contribution in [1.29, 1.82) is 0 Å². The first-order valence-corrected chi connectivity index (χ1v) is 7.77. The standard InChI is InChI=1S/C15H13ClINO/c16-14-7-3-12(4-8-14)10-18-15(19)13-5-1-11(9-17)2-6-13/h1-8H,9-10H2,(H,18,19). The van der Waals surface area contributed by atoms with Crippen molar-refractivity contribution in [2.45, 2.75) is 11.0 Å². The Labute approximate surface area is 131 Å². The zero-order chi connectivity index (χ0) is 13.7. The van der Waals surface area contributed by atoms with Crippen molar-refractivity contribution in [1.82, 2.24) is 5.32 Å². The van der Waals surface area contributed by atoms with E-state index in [-0.39, 0.29) is 5.91 Å². The predicted octanol–water partition coefficient (Wildman–Crippen LogP) is 4.21. The van der Waals surface area contributed by atoms with Crippen LogP contribution in [0.3, 0.4) is 0 Å². The Morgan fingerprint density at radius 2 is 1.58 bits per heavy atom. The molecule has 0 fully saturated rings. The van der Waals surface area contributed by atoms with Crippen molar-refractivity contribution < 1.29 is 4.79 Å². The van der Waals surface area contributed by atoms with E-state index in [1.165, 1.54) is 5.56 Å². The second-order valence-corrected chi connectivity index (χ2v) is 5.34. The van der Waals surface area contributed by atoms with E-state index >= 15 is 0 Å². The number of benzene rings is 2. The number of carbonyl (C=O) groups excluding carboxylic acids is 1. The molecule has 0 bridgehead atoms. The van der Waals surface area contributed by atoms with Crippen LogP contribution in [-0.2, 0) is 11.0 Å². The molecule has 0 unspecified atom stereocenters. The first-order valence-electron chi connectivity index (χ1n) is 5.86. The van der Waals surface area contributed by atoms with Crippen molar-refractivity contribution >= 4 is 40.1 Å². The van der Waals surface area contributed by atoms with E-state index in [1.54, 1.807) is 0 Å². The molecule has 1 amide bonds. The van der Waals surface area contributed by atoms with Gasteiger partial charge in [-0.25, -0.2) is 0 Å². The molecule has 2 nitrogen and oxygen atoms in total. The first kappa shape index (κ1) is 14.3. The number of nitrogens with one attached hydrogen (secondary N) is 1. The van der Waals surface area contributed by atoms with Crippen LogP contribution in [0.2, 0.25) is 5.02 Å². The van der Waals surface area contributed by atoms with Crippen LogP contribution in [0.25, 0.3) is 0 Å². The van der Waals surface area contributed by atoms with Gasteiger partial charge in [0.05, 0.1) is 0 Å². The van der Waals surface area contributed by atoms with Crippen LogP contribution >= 0.6 is 34.2 Å². The highest BCUT2D eigenvalue weighted by atomic mass is 127. The van der Waals surface area contributed by atoms with Gasteiger partial charge in [-0.1, -0.05) is 58.5 Å². The Bertz CT molecular complexity index is 551. The molecular formula is C15H13ClINO. The second-order valence-electron chi connectivity index (χ2n) is 4.14. The number of hydrogen-bond donors (Lipinski definition) is 1. The summed E-state index contributed by atoms with van der Waals surface area (Å²) in [5.41, 5.74) is 2.93. The fraction of sp³-hybridized carbons (Fsp3) is 0.133.